The van der Waals surface area contributed by atoms with Gasteiger partial charge in [-0.2, -0.15) is 0 Å². The predicted molar refractivity (Wildman–Crippen MR) is 75.7 cm³/mol. The standard InChI is InChI=1S/C12H19N3O7/c1-4-8(6(2)15(21)22)5-9(14-20)11(17)13-10(7(3)16)12(18)19/h5-7,9-10,16H,4H2,1-3H3,(H,13,17)(H,18,19)/t6?,7-,9?,10+/m1/s1. The second-order valence-electron chi connectivity index (χ2n) is 4.67. The number of hydrogen-bond acceptors (Lipinski definition) is 7. The molecule has 0 aromatic heterocycles. The van der Waals surface area contributed by atoms with Crippen molar-refractivity contribution in [3.05, 3.63) is 26.7 Å². The van der Waals surface area contributed by atoms with Crippen LogP contribution in [0.15, 0.2) is 16.8 Å². The zero-order chi connectivity index (χ0) is 17.4. The third-order valence-electron chi connectivity index (χ3n) is 3.06. The van der Waals surface area contributed by atoms with Crippen molar-refractivity contribution in [1.82, 2.24) is 5.32 Å². The van der Waals surface area contributed by atoms with Crippen molar-refractivity contribution >= 4 is 11.9 Å². The molecule has 0 fully saturated rings. The third kappa shape index (κ3) is 5.56. The Morgan fingerprint density at radius 3 is 2.27 bits per heavy atom. The number of carboxylic acid groups (broad SMARTS) is 1. The van der Waals surface area contributed by atoms with E-state index in [0.717, 1.165) is 13.0 Å². The Labute approximate surface area is 126 Å². The lowest BCUT2D eigenvalue weighted by molar-refractivity contribution is -0.508. The molecule has 3 N–H and O–H groups in total. The highest BCUT2D eigenvalue weighted by molar-refractivity contribution is 5.88. The number of aliphatic hydroxyl groups is 1. The average Bonchev–Trinajstić information content (AvgIpc) is 2.44. The fraction of sp³-hybridized carbons (Fsp3) is 0.667. The summed E-state index contributed by atoms with van der Waals surface area (Å²) in [7, 11) is 0. The van der Waals surface area contributed by atoms with E-state index < -0.39 is 41.0 Å². The molecule has 4 atom stereocenters. The van der Waals surface area contributed by atoms with Gasteiger partial charge >= 0.3 is 5.97 Å². The summed E-state index contributed by atoms with van der Waals surface area (Å²) in [5.74, 6) is -2.53. The lowest BCUT2D eigenvalue weighted by atomic mass is 10.0. The molecule has 0 aliphatic carbocycles. The smallest absolute Gasteiger partial charge is 0.328 e. The highest BCUT2D eigenvalue weighted by Gasteiger charge is 2.29. The van der Waals surface area contributed by atoms with E-state index in [-0.39, 0.29) is 12.0 Å². The van der Waals surface area contributed by atoms with Gasteiger partial charge in [0, 0.05) is 17.4 Å². The largest absolute Gasteiger partial charge is 0.480 e. The second kappa shape index (κ2) is 8.82. The van der Waals surface area contributed by atoms with Gasteiger partial charge in [0.2, 0.25) is 6.04 Å². The summed E-state index contributed by atoms with van der Waals surface area (Å²) in [4.78, 5) is 43.7. The first-order chi connectivity index (χ1) is 10.1. The van der Waals surface area contributed by atoms with Gasteiger partial charge in [0.25, 0.3) is 5.91 Å². The van der Waals surface area contributed by atoms with Crippen LogP contribution >= 0.6 is 0 Å². The zero-order valence-corrected chi connectivity index (χ0v) is 12.4. The quantitative estimate of drug-likeness (QED) is 0.235. The number of nitroso groups, excluding NO2 is 1. The monoisotopic (exact) mass is 317 g/mol. The fourth-order valence-corrected chi connectivity index (χ4v) is 1.67. The van der Waals surface area contributed by atoms with Crippen LogP contribution in [0.3, 0.4) is 0 Å². The average molecular weight is 317 g/mol. The topological polar surface area (TPSA) is 159 Å². The van der Waals surface area contributed by atoms with Crippen molar-refractivity contribution in [2.45, 2.75) is 51.4 Å². The molecule has 0 rings (SSSR count). The van der Waals surface area contributed by atoms with Crippen LogP contribution in [0.4, 0.5) is 0 Å². The van der Waals surface area contributed by atoms with Crippen LogP contribution in [-0.4, -0.2) is 51.2 Å². The molecule has 0 bridgehead atoms. The minimum absolute atomic E-state index is 0.216. The van der Waals surface area contributed by atoms with Crippen LogP contribution in [0.25, 0.3) is 0 Å². The number of carbonyl (C=O) groups excluding carboxylic acids is 1. The van der Waals surface area contributed by atoms with E-state index in [1.54, 1.807) is 6.92 Å². The molecular formula is C12H19N3O7. The van der Waals surface area contributed by atoms with E-state index in [0.29, 0.717) is 0 Å². The van der Waals surface area contributed by atoms with Crippen LogP contribution in [0.5, 0.6) is 0 Å². The Bertz CT molecular complexity index is 475. The summed E-state index contributed by atoms with van der Waals surface area (Å²) in [6, 6.07) is -4.32. The summed E-state index contributed by atoms with van der Waals surface area (Å²) >= 11 is 0. The molecule has 2 unspecified atom stereocenters. The van der Waals surface area contributed by atoms with Crippen LogP contribution in [0, 0.1) is 15.0 Å². The number of nitrogens with zero attached hydrogens (tertiary/aromatic N) is 2. The van der Waals surface area contributed by atoms with E-state index in [9.17, 15) is 29.7 Å². The molecule has 1 amide bonds. The Morgan fingerprint density at radius 2 is 1.95 bits per heavy atom. The van der Waals surface area contributed by atoms with E-state index in [4.69, 9.17) is 5.11 Å². The molecule has 124 valence electrons. The highest BCUT2D eigenvalue weighted by atomic mass is 16.6. The van der Waals surface area contributed by atoms with E-state index in [1.807, 2.05) is 5.32 Å². The van der Waals surface area contributed by atoms with Crippen LogP contribution in [0.1, 0.15) is 27.2 Å². The Hall–Kier alpha value is -2.36. The first kappa shape index (κ1) is 19.6. The minimum atomic E-state index is -1.61. The van der Waals surface area contributed by atoms with Gasteiger partial charge in [-0.3, -0.25) is 14.9 Å². The van der Waals surface area contributed by atoms with Crippen molar-refractivity contribution in [3.8, 4) is 0 Å². The molecule has 22 heavy (non-hydrogen) atoms. The van der Waals surface area contributed by atoms with Crippen LogP contribution in [-0.2, 0) is 9.59 Å². The summed E-state index contributed by atoms with van der Waals surface area (Å²) in [5.41, 5.74) is 0.216. The molecule has 10 nitrogen and oxygen atoms in total. The van der Waals surface area contributed by atoms with Gasteiger partial charge < -0.3 is 15.5 Å². The molecule has 10 heteroatoms. The molecule has 0 saturated heterocycles. The highest BCUT2D eigenvalue weighted by Crippen LogP contribution is 2.13. The van der Waals surface area contributed by atoms with Gasteiger partial charge in [-0.15, -0.1) is 4.91 Å². The number of carboxylic acids is 1. The summed E-state index contributed by atoms with van der Waals surface area (Å²) < 4.78 is 0. The molecule has 0 spiro atoms. The Kier molecular flexibility index (Phi) is 7.88. The maximum atomic E-state index is 11.8. The van der Waals surface area contributed by atoms with Gasteiger partial charge in [-0.05, 0) is 19.4 Å². The van der Waals surface area contributed by atoms with Crippen molar-refractivity contribution < 1.29 is 24.7 Å². The number of aliphatic hydroxyl groups excluding tert-OH is 1. The normalized spacial score (nSPS) is 17.0. The molecule has 0 saturated carbocycles. The van der Waals surface area contributed by atoms with Gasteiger partial charge in [-0.25, -0.2) is 4.79 Å². The van der Waals surface area contributed by atoms with Crippen LogP contribution < -0.4 is 5.32 Å². The number of rotatable bonds is 9. The number of aliphatic carboxylic acids is 1. The molecule has 0 aromatic rings. The molecule has 0 aliphatic rings. The zero-order valence-electron chi connectivity index (χ0n) is 12.4. The van der Waals surface area contributed by atoms with Crippen molar-refractivity contribution in [1.29, 1.82) is 0 Å². The molecule has 0 aliphatic heterocycles. The van der Waals surface area contributed by atoms with Gasteiger partial charge in [-0.1, -0.05) is 12.1 Å². The summed E-state index contributed by atoms with van der Waals surface area (Å²) in [6.07, 6.45) is -0.127. The van der Waals surface area contributed by atoms with Gasteiger partial charge in [0.1, 0.15) is 0 Å². The maximum Gasteiger partial charge on any atom is 0.328 e. The number of carbonyl (C=O) groups is 2. The Morgan fingerprint density at radius 1 is 1.41 bits per heavy atom. The van der Waals surface area contributed by atoms with E-state index in [1.165, 1.54) is 6.92 Å². The van der Waals surface area contributed by atoms with Crippen molar-refractivity contribution in [2.24, 2.45) is 5.18 Å². The summed E-state index contributed by atoms with van der Waals surface area (Å²) in [5, 5.41) is 33.4. The minimum Gasteiger partial charge on any atom is -0.480 e. The maximum absolute atomic E-state index is 11.8. The number of amides is 1. The third-order valence-corrected chi connectivity index (χ3v) is 3.06. The van der Waals surface area contributed by atoms with E-state index >= 15 is 0 Å². The molecule has 0 aromatic carbocycles. The first-order valence-electron chi connectivity index (χ1n) is 6.53. The van der Waals surface area contributed by atoms with Crippen molar-refractivity contribution in [3.63, 3.8) is 0 Å². The van der Waals surface area contributed by atoms with E-state index in [2.05, 4.69) is 5.18 Å². The Balaban J connectivity index is 5.24. The summed E-state index contributed by atoms with van der Waals surface area (Å²) in [6.45, 7) is 4.07. The second-order valence-corrected chi connectivity index (χ2v) is 4.67. The van der Waals surface area contributed by atoms with Gasteiger partial charge in [0.15, 0.2) is 12.1 Å². The SMILES string of the molecule is CCC(=CC(N=O)C(=O)N[C@H](C(=O)O)[C@@H](C)O)C(C)[N+](=O)[O-]. The first-order valence-corrected chi connectivity index (χ1v) is 6.53. The fourth-order valence-electron chi connectivity index (χ4n) is 1.67. The molecule has 0 radical (unpaired) electrons. The molecular weight excluding hydrogens is 298 g/mol. The predicted octanol–water partition coefficient (Wildman–Crippen LogP) is 0.0732. The number of nitrogens with one attached hydrogen (secondary N) is 1. The van der Waals surface area contributed by atoms with Crippen molar-refractivity contribution in [2.75, 3.05) is 0 Å². The number of nitro groups is 1. The van der Waals surface area contributed by atoms with Crippen LogP contribution in [0.2, 0.25) is 0 Å². The number of hydrogen-bond donors (Lipinski definition) is 3. The van der Waals surface area contributed by atoms with Gasteiger partial charge in [0.05, 0.1) is 6.10 Å². The molecule has 0 heterocycles. The lowest BCUT2D eigenvalue weighted by Crippen LogP contribution is -2.50. The lowest BCUT2D eigenvalue weighted by Gasteiger charge is -2.18.